The summed E-state index contributed by atoms with van der Waals surface area (Å²) in [7, 11) is -3.39. The Hall–Kier alpha value is -1.44. The average Bonchev–Trinajstić information content (AvgIpc) is 2.71. The summed E-state index contributed by atoms with van der Waals surface area (Å²) in [6.07, 6.45) is 5.22. The molecule has 2 heterocycles. The van der Waals surface area contributed by atoms with E-state index in [0.717, 1.165) is 32.1 Å². The van der Waals surface area contributed by atoms with Gasteiger partial charge in [-0.25, -0.2) is 8.42 Å². The van der Waals surface area contributed by atoms with Crippen molar-refractivity contribution in [2.45, 2.75) is 51.6 Å². The SMILES string of the molecule is CCCCCCC1Oc2ccccc2C(=O)C1CCS(=O)(=O)N1CCOCC1. The summed E-state index contributed by atoms with van der Waals surface area (Å²) in [4.78, 5) is 13.1. The smallest absolute Gasteiger partial charge is 0.214 e. The second-order valence-corrected chi connectivity index (χ2v) is 9.68. The predicted molar refractivity (Wildman–Crippen MR) is 108 cm³/mol. The fraction of sp³-hybridized carbons (Fsp3) is 0.667. The highest BCUT2D eigenvalue weighted by molar-refractivity contribution is 7.89. The Balaban J connectivity index is 1.70. The lowest BCUT2D eigenvalue weighted by Gasteiger charge is -2.33. The van der Waals surface area contributed by atoms with Gasteiger partial charge in [0.2, 0.25) is 10.0 Å². The molecule has 0 N–H and O–H groups in total. The van der Waals surface area contributed by atoms with Crippen molar-refractivity contribution in [3.05, 3.63) is 29.8 Å². The van der Waals surface area contributed by atoms with Crippen molar-refractivity contribution in [3.63, 3.8) is 0 Å². The molecule has 0 aliphatic carbocycles. The molecule has 0 radical (unpaired) electrons. The monoisotopic (exact) mass is 409 g/mol. The number of rotatable bonds is 9. The Labute approximate surface area is 168 Å². The summed E-state index contributed by atoms with van der Waals surface area (Å²) in [6.45, 7) is 3.80. The summed E-state index contributed by atoms with van der Waals surface area (Å²) >= 11 is 0. The number of carbonyl (C=O) groups excluding carboxylic acids is 1. The largest absolute Gasteiger partial charge is 0.489 e. The van der Waals surface area contributed by atoms with Crippen LogP contribution in [0, 0.1) is 5.92 Å². The molecule has 1 aromatic carbocycles. The fourth-order valence-corrected chi connectivity index (χ4v) is 5.48. The number of fused-ring (bicyclic) bond motifs is 1. The minimum atomic E-state index is -3.39. The molecular formula is C21H31NO5S. The minimum absolute atomic E-state index is 0.0134. The van der Waals surface area contributed by atoms with Crippen LogP contribution in [0.3, 0.4) is 0 Å². The van der Waals surface area contributed by atoms with Crippen molar-refractivity contribution in [1.82, 2.24) is 4.31 Å². The molecule has 0 spiro atoms. The van der Waals surface area contributed by atoms with Crippen LogP contribution in [0.2, 0.25) is 0 Å². The van der Waals surface area contributed by atoms with Crippen molar-refractivity contribution in [2.24, 2.45) is 5.92 Å². The van der Waals surface area contributed by atoms with Crippen LogP contribution in [0.25, 0.3) is 0 Å². The molecule has 2 aliphatic rings. The molecule has 0 aromatic heterocycles. The zero-order valence-electron chi connectivity index (χ0n) is 16.6. The van der Waals surface area contributed by atoms with E-state index in [1.807, 2.05) is 18.2 Å². The lowest BCUT2D eigenvalue weighted by atomic mass is 9.85. The maximum absolute atomic E-state index is 13.1. The standard InChI is InChI=1S/C21H31NO5S/c1-2-3-4-5-9-20-18(21(23)17-8-6-7-10-19(17)27-20)11-16-28(24,25)22-12-14-26-15-13-22/h6-8,10,18,20H,2-5,9,11-16H2,1H3. The second kappa shape index (κ2) is 9.85. The van der Waals surface area contributed by atoms with E-state index < -0.39 is 15.9 Å². The van der Waals surface area contributed by atoms with Gasteiger partial charge in [-0.3, -0.25) is 4.79 Å². The number of hydrogen-bond donors (Lipinski definition) is 0. The maximum Gasteiger partial charge on any atom is 0.214 e. The van der Waals surface area contributed by atoms with Crippen LogP contribution < -0.4 is 4.74 Å². The number of Topliss-reactive ketones (excluding diaryl/α,β-unsaturated/α-hetero) is 1. The van der Waals surface area contributed by atoms with E-state index in [0.29, 0.717) is 44.0 Å². The van der Waals surface area contributed by atoms with Gasteiger partial charge in [0.05, 0.1) is 30.4 Å². The van der Waals surface area contributed by atoms with Gasteiger partial charge in [0.1, 0.15) is 11.9 Å². The van der Waals surface area contributed by atoms with E-state index in [1.54, 1.807) is 6.07 Å². The summed E-state index contributed by atoms with van der Waals surface area (Å²) in [5.74, 6) is 0.201. The van der Waals surface area contributed by atoms with E-state index in [2.05, 4.69) is 6.92 Å². The number of benzene rings is 1. The van der Waals surface area contributed by atoms with E-state index in [9.17, 15) is 13.2 Å². The summed E-state index contributed by atoms with van der Waals surface area (Å²) in [6, 6.07) is 7.29. The van der Waals surface area contributed by atoms with Gasteiger partial charge in [-0.15, -0.1) is 0 Å². The van der Waals surface area contributed by atoms with Crippen LogP contribution in [0.4, 0.5) is 0 Å². The molecule has 6 nitrogen and oxygen atoms in total. The lowest BCUT2D eigenvalue weighted by molar-refractivity contribution is 0.0615. The molecule has 2 unspecified atom stereocenters. The third-order valence-electron chi connectivity index (χ3n) is 5.61. The molecule has 0 bridgehead atoms. The zero-order chi connectivity index (χ0) is 20.0. The molecule has 1 fully saturated rings. The van der Waals surface area contributed by atoms with Gasteiger partial charge < -0.3 is 9.47 Å². The topological polar surface area (TPSA) is 72.9 Å². The van der Waals surface area contributed by atoms with E-state index in [4.69, 9.17) is 9.47 Å². The molecule has 156 valence electrons. The summed E-state index contributed by atoms with van der Waals surface area (Å²) in [5.41, 5.74) is 0.570. The number of ether oxygens (including phenoxy) is 2. The van der Waals surface area contributed by atoms with Crippen LogP contribution in [0.5, 0.6) is 5.75 Å². The highest BCUT2D eigenvalue weighted by atomic mass is 32.2. The van der Waals surface area contributed by atoms with Gasteiger partial charge in [-0.05, 0) is 31.4 Å². The first-order valence-corrected chi connectivity index (χ1v) is 12.0. The highest BCUT2D eigenvalue weighted by Gasteiger charge is 2.38. The van der Waals surface area contributed by atoms with Crippen molar-refractivity contribution in [2.75, 3.05) is 32.1 Å². The number of nitrogens with zero attached hydrogens (tertiary/aromatic N) is 1. The zero-order valence-corrected chi connectivity index (χ0v) is 17.5. The number of carbonyl (C=O) groups is 1. The molecule has 3 rings (SSSR count). The van der Waals surface area contributed by atoms with E-state index in [-0.39, 0.29) is 17.6 Å². The Bertz CT molecular complexity index is 758. The molecule has 1 aromatic rings. The number of hydrogen-bond acceptors (Lipinski definition) is 5. The van der Waals surface area contributed by atoms with Crippen molar-refractivity contribution in [3.8, 4) is 5.75 Å². The van der Waals surface area contributed by atoms with Crippen molar-refractivity contribution in [1.29, 1.82) is 0 Å². The summed E-state index contributed by atoms with van der Waals surface area (Å²) < 4.78 is 38.3. The van der Waals surface area contributed by atoms with Crippen molar-refractivity contribution < 1.29 is 22.7 Å². The number of sulfonamides is 1. The van der Waals surface area contributed by atoms with Crippen molar-refractivity contribution >= 4 is 15.8 Å². The van der Waals surface area contributed by atoms with Crippen LogP contribution >= 0.6 is 0 Å². The van der Waals surface area contributed by atoms with Crippen LogP contribution in [-0.2, 0) is 14.8 Å². The third kappa shape index (κ3) is 5.13. The van der Waals surface area contributed by atoms with Crippen LogP contribution in [-0.4, -0.2) is 56.7 Å². The first-order valence-electron chi connectivity index (χ1n) is 10.4. The quantitative estimate of drug-likeness (QED) is 0.585. The lowest BCUT2D eigenvalue weighted by Crippen LogP contribution is -2.44. The van der Waals surface area contributed by atoms with Gasteiger partial charge in [0.15, 0.2) is 5.78 Å². The Morgan fingerprint density at radius 2 is 1.82 bits per heavy atom. The molecule has 0 saturated carbocycles. The van der Waals surface area contributed by atoms with Crippen LogP contribution in [0.15, 0.2) is 24.3 Å². The van der Waals surface area contributed by atoms with Crippen LogP contribution in [0.1, 0.15) is 55.8 Å². The number of morpholine rings is 1. The number of unbranched alkanes of at least 4 members (excludes halogenated alkanes) is 3. The molecular weight excluding hydrogens is 378 g/mol. The number of ketones is 1. The average molecular weight is 410 g/mol. The van der Waals surface area contributed by atoms with Gasteiger partial charge in [0, 0.05) is 13.1 Å². The van der Waals surface area contributed by atoms with E-state index in [1.165, 1.54) is 4.31 Å². The molecule has 2 atom stereocenters. The third-order valence-corrected chi connectivity index (χ3v) is 7.51. The van der Waals surface area contributed by atoms with Gasteiger partial charge in [-0.2, -0.15) is 4.31 Å². The minimum Gasteiger partial charge on any atom is -0.489 e. The Morgan fingerprint density at radius 3 is 2.57 bits per heavy atom. The first kappa shape index (κ1) is 21.3. The maximum atomic E-state index is 13.1. The first-order chi connectivity index (χ1) is 13.5. The van der Waals surface area contributed by atoms with E-state index >= 15 is 0 Å². The van der Waals surface area contributed by atoms with Gasteiger partial charge >= 0.3 is 0 Å². The number of para-hydroxylation sites is 1. The van der Waals surface area contributed by atoms with Gasteiger partial charge in [0.25, 0.3) is 0 Å². The molecule has 2 aliphatic heterocycles. The molecule has 28 heavy (non-hydrogen) atoms. The predicted octanol–water partition coefficient (Wildman–Crippen LogP) is 3.27. The molecule has 7 heteroatoms. The normalized spacial score (nSPS) is 23.2. The van der Waals surface area contributed by atoms with Gasteiger partial charge in [-0.1, -0.05) is 38.3 Å². The second-order valence-electron chi connectivity index (χ2n) is 7.59. The Kier molecular flexibility index (Phi) is 7.48. The fourth-order valence-electron chi connectivity index (χ4n) is 3.97. The summed E-state index contributed by atoms with van der Waals surface area (Å²) in [5, 5.41) is 0. The molecule has 1 saturated heterocycles. The highest BCUT2D eigenvalue weighted by Crippen LogP contribution is 2.34. The molecule has 0 amide bonds. The Morgan fingerprint density at radius 1 is 1.07 bits per heavy atom.